The van der Waals surface area contributed by atoms with Crippen molar-refractivity contribution in [3.05, 3.63) is 77.2 Å². The number of hydrogen-bond acceptors (Lipinski definition) is 7. The third-order valence-electron chi connectivity index (χ3n) is 5.09. The Hall–Kier alpha value is -4.12. The number of imide groups is 1. The number of benzene rings is 2. The van der Waals surface area contributed by atoms with E-state index in [0.29, 0.717) is 28.3 Å². The van der Waals surface area contributed by atoms with Crippen LogP contribution in [0.25, 0.3) is 0 Å². The highest BCUT2D eigenvalue weighted by Gasteiger charge is 2.34. The topological polar surface area (TPSA) is 138 Å². The average Bonchev–Trinajstić information content (AvgIpc) is 3.01. The lowest BCUT2D eigenvalue weighted by molar-refractivity contribution is -0.116. The molecule has 3 amide bonds. The first-order valence-electron chi connectivity index (χ1n) is 10.3. The zero-order chi connectivity index (χ0) is 24.5. The van der Waals surface area contributed by atoms with E-state index in [1.54, 1.807) is 38.1 Å². The van der Waals surface area contributed by atoms with Gasteiger partial charge in [0.05, 0.1) is 16.0 Å². The Balaban J connectivity index is 1.36. The fourth-order valence-electron chi connectivity index (χ4n) is 3.56. The molecule has 1 aliphatic rings. The van der Waals surface area contributed by atoms with Crippen LogP contribution >= 0.6 is 0 Å². The second kappa shape index (κ2) is 9.02. The lowest BCUT2D eigenvalue weighted by Gasteiger charge is -2.13. The van der Waals surface area contributed by atoms with Crippen molar-refractivity contribution in [2.45, 2.75) is 25.2 Å². The summed E-state index contributed by atoms with van der Waals surface area (Å²) in [5, 5.41) is 2.64. The smallest absolute Gasteiger partial charge is 0.263 e. The first-order valence-corrected chi connectivity index (χ1v) is 11.8. The Kier molecular flexibility index (Phi) is 6.12. The van der Waals surface area contributed by atoms with Crippen molar-refractivity contribution in [2.24, 2.45) is 0 Å². The molecule has 2 aromatic carbocycles. The van der Waals surface area contributed by atoms with Gasteiger partial charge in [0.2, 0.25) is 5.91 Å². The molecule has 2 N–H and O–H groups in total. The molecule has 10 nitrogen and oxygen atoms in total. The van der Waals surface area contributed by atoms with Crippen LogP contribution in [0.3, 0.4) is 0 Å². The maximum absolute atomic E-state index is 12.6. The molecule has 1 aliphatic heterocycles. The molecule has 3 aromatic rings. The molecule has 0 bridgehead atoms. The Morgan fingerprint density at radius 1 is 0.941 bits per heavy atom. The van der Waals surface area contributed by atoms with Crippen molar-refractivity contribution in [1.29, 1.82) is 0 Å². The zero-order valence-corrected chi connectivity index (χ0v) is 19.2. The Morgan fingerprint density at radius 2 is 1.56 bits per heavy atom. The quantitative estimate of drug-likeness (QED) is 0.497. The maximum Gasteiger partial charge on any atom is 0.263 e. The Morgan fingerprint density at radius 3 is 2.15 bits per heavy atom. The van der Waals surface area contributed by atoms with E-state index < -0.39 is 27.7 Å². The standard InChI is InChI=1S/C23H21N5O5S/c1-14-13-20(25-15(2)24-14)27-34(32,33)17-9-7-16(8-10-17)26-21(29)11-12-28-22(30)18-5-3-4-6-19(18)23(28)31/h3-10,13H,11-12H2,1-2H3,(H,26,29)(H,24,25,27). The van der Waals surface area contributed by atoms with Crippen molar-refractivity contribution < 1.29 is 22.8 Å². The minimum atomic E-state index is -3.89. The Bertz CT molecular complexity index is 1350. The number of aromatic nitrogens is 2. The monoisotopic (exact) mass is 479 g/mol. The number of carbonyl (C=O) groups is 3. The van der Waals surface area contributed by atoms with Crippen LogP contribution < -0.4 is 10.0 Å². The first kappa shape index (κ1) is 23.1. The van der Waals surface area contributed by atoms with Gasteiger partial charge in [-0.15, -0.1) is 0 Å². The number of rotatable bonds is 7. The molecule has 4 rings (SSSR count). The van der Waals surface area contributed by atoms with Crippen molar-refractivity contribution in [2.75, 3.05) is 16.6 Å². The summed E-state index contributed by atoms with van der Waals surface area (Å²) < 4.78 is 27.7. The number of amides is 3. The number of hydrogen-bond donors (Lipinski definition) is 2. The van der Waals surface area contributed by atoms with Gasteiger partial charge in [0.25, 0.3) is 21.8 Å². The molecule has 0 aliphatic carbocycles. The van der Waals surface area contributed by atoms with Crippen molar-refractivity contribution in [1.82, 2.24) is 14.9 Å². The second-order valence-corrected chi connectivity index (χ2v) is 9.36. The molecule has 11 heteroatoms. The molecule has 0 radical (unpaired) electrons. The van der Waals surface area contributed by atoms with Gasteiger partial charge < -0.3 is 5.32 Å². The molecule has 0 saturated heterocycles. The number of nitrogens with one attached hydrogen (secondary N) is 2. The lowest BCUT2D eigenvalue weighted by atomic mass is 10.1. The molecule has 0 unspecified atom stereocenters. The summed E-state index contributed by atoms with van der Waals surface area (Å²) in [6.45, 7) is 3.33. The van der Waals surface area contributed by atoms with Crippen LogP contribution in [0.2, 0.25) is 0 Å². The summed E-state index contributed by atoms with van der Waals surface area (Å²) in [5.74, 6) is -0.668. The highest BCUT2D eigenvalue weighted by molar-refractivity contribution is 7.92. The lowest BCUT2D eigenvalue weighted by Crippen LogP contribution is -2.32. The molecule has 0 fully saturated rings. The van der Waals surface area contributed by atoms with Crippen molar-refractivity contribution >= 4 is 39.3 Å². The average molecular weight is 480 g/mol. The predicted molar refractivity (Wildman–Crippen MR) is 124 cm³/mol. The van der Waals surface area contributed by atoms with Crippen LogP contribution in [0.5, 0.6) is 0 Å². The molecule has 1 aromatic heterocycles. The largest absolute Gasteiger partial charge is 0.326 e. The minimum Gasteiger partial charge on any atom is -0.326 e. The van der Waals surface area contributed by atoms with E-state index in [4.69, 9.17) is 0 Å². The van der Waals surface area contributed by atoms with E-state index in [0.717, 1.165) is 4.90 Å². The predicted octanol–water partition coefficient (Wildman–Crippen LogP) is 2.52. The Labute approximate surface area is 196 Å². The van der Waals surface area contributed by atoms with E-state index in [1.807, 2.05) is 0 Å². The highest BCUT2D eigenvalue weighted by atomic mass is 32.2. The molecular formula is C23H21N5O5S. The summed E-state index contributed by atoms with van der Waals surface area (Å²) in [7, 11) is -3.89. The summed E-state index contributed by atoms with van der Waals surface area (Å²) >= 11 is 0. The number of aryl methyl sites for hydroxylation is 2. The molecular weight excluding hydrogens is 458 g/mol. The van der Waals surface area contributed by atoms with Gasteiger partial charge in [-0.1, -0.05) is 12.1 Å². The summed E-state index contributed by atoms with van der Waals surface area (Å²) in [6.07, 6.45) is -0.0977. The van der Waals surface area contributed by atoms with Crippen LogP contribution in [0, 0.1) is 13.8 Å². The van der Waals surface area contributed by atoms with Gasteiger partial charge in [0.1, 0.15) is 11.6 Å². The van der Waals surface area contributed by atoms with E-state index in [1.165, 1.54) is 30.3 Å². The van der Waals surface area contributed by atoms with Crippen LogP contribution in [0.4, 0.5) is 11.5 Å². The van der Waals surface area contributed by atoms with E-state index in [9.17, 15) is 22.8 Å². The molecule has 2 heterocycles. The van der Waals surface area contributed by atoms with Gasteiger partial charge in [-0.3, -0.25) is 24.0 Å². The molecule has 174 valence electrons. The second-order valence-electron chi connectivity index (χ2n) is 7.68. The number of carbonyl (C=O) groups excluding carboxylic acids is 3. The van der Waals surface area contributed by atoms with Crippen molar-refractivity contribution in [3.63, 3.8) is 0 Å². The van der Waals surface area contributed by atoms with Gasteiger partial charge in [0, 0.05) is 30.4 Å². The van der Waals surface area contributed by atoms with Crippen LogP contribution in [0.15, 0.2) is 59.5 Å². The number of sulfonamides is 1. The van der Waals surface area contributed by atoms with Crippen LogP contribution in [-0.4, -0.2) is 47.6 Å². The van der Waals surface area contributed by atoms with Crippen molar-refractivity contribution in [3.8, 4) is 0 Å². The van der Waals surface area contributed by atoms with Gasteiger partial charge >= 0.3 is 0 Å². The molecule has 34 heavy (non-hydrogen) atoms. The fourth-order valence-corrected chi connectivity index (χ4v) is 4.55. The number of fused-ring (bicyclic) bond motifs is 1. The van der Waals surface area contributed by atoms with E-state index >= 15 is 0 Å². The summed E-state index contributed by atoms with van der Waals surface area (Å²) in [6, 6.07) is 13.6. The molecule has 0 spiro atoms. The fraction of sp³-hybridized carbons (Fsp3) is 0.174. The molecule has 0 saturated carbocycles. The van der Waals surface area contributed by atoms with Crippen LogP contribution in [-0.2, 0) is 14.8 Å². The number of nitrogens with zero attached hydrogens (tertiary/aromatic N) is 3. The van der Waals surface area contributed by atoms with Gasteiger partial charge in [-0.2, -0.15) is 0 Å². The third-order valence-corrected chi connectivity index (χ3v) is 6.46. The van der Waals surface area contributed by atoms with E-state index in [2.05, 4.69) is 20.0 Å². The zero-order valence-electron chi connectivity index (χ0n) is 18.4. The summed E-state index contributed by atoms with van der Waals surface area (Å²) in [5.41, 5.74) is 1.65. The van der Waals surface area contributed by atoms with Gasteiger partial charge in [0.15, 0.2) is 0 Å². The van der Waals surface area contributed by atoms with Crippen LogP contribution in [0.1, 0.15) is 38.7 Å². The summed E-state index contributed by atoms with van der Waals surface area (Å²) in [4.78, 5) is 46.3. The molecule has 0 atom stereocenters. The third kappa shape index (κ3) is 4.79. The van der Waals surface area contributed by atoms with E-state index in [-0.39, 0.29) is 23.7 Å². The minimum absolute atomic E-state index is 0.00885. The highest BCUT2D eigenvalue weighted by Crippen LogP contribution is 2.23. The van der Waals surface area contributed by atoms with Gasteiger partial charge in [-0.25, -0.2) is 18.4 Å². The SMILES string of the molecule is Cc1cc(NS(=O)(=O)c2ccc(NC(=O)CCN3C(=O)c4ccccc4C3=O)cc2)nc(C)n1. The first-order chi connectivity index (χ1) is 16.1. The van der Waals surface area contributed by atoms with Gasteiger partial charge in [-0.05, 0) is 50.2 Å². The number of anilines is 2. The normalized spacial score (nSPS) is 13.1. The maximum atomic E-state index is 12.6.